The highest BCUT2D eigenvalue weighted by Gasteiger charge is 2.30. The standard InChI is InChI=1S/C20H20F3N3O2/c21-20(22,23)15-5-9-17(10-6-15)25-19(28)24-16-7-3-14(4-8-16)13-18(27)26-11-1-2-12-26/h3-10H,1-2,11-13H2,(H2,24,25,28). The molecule has 0 radical (unpaired) electrons. The smallest absolute Gasteiger partial charge is 0.342 e. The number of carbonyl (C=O) groups is 2. The molecular weight excluding hydrogens is 371 g/mol. The first kappa shape index (κ1) is 19.7. The number of hydrogen-bond donors (Lipinski definition) is 2. The molecule has 3 rings (SSSR count). The molecular formula is C20H20F3N3O2. The maximum atomic E-state index is 12.5. The predicted molar refractivity (Wildman–Crippen MR) is 100 cm³/mol. The molecule has 0 saturated carbocycles. The minimum absolute atomic E-state index is 0.0956. The lowest BCUT2D eigenvalue weighted by molar-refractivity contribution is -0.137. The number of halogens is 3. The Morgan fingerprint density at radius 2 is 1.36 bits per heavy atom. The van der Waals surface area contributed by atoms with Crippen molar-refractivity contribution in [3.63, 3.8) is 0 Å². The van der Waals surface area contributed by atoms with Crippen molar-refractivity contribution in [3.8, 4) is 0 Å². The normalized spacial score (nSPS) is 14.0. The molecule has 5 nitrogen and oxygen atoms in total. The zero-order valence-corrected chi connectivity index (χ0v) is 15.1. The zero-order valence-electron chi connectivity index (χ0n) is 15.1. The molecule has 1 aliphatic heterocycles. The van der Waals surface area contributed by atoms with Crippen molar-refractivity contribution in [2.24, 2.45) is 0 Å². The van der Waals surface area contributed by atoms with Gasteiger partial charge in [0.1, 0.15) is 0 Å². The first-order valence-corrected chi connectivity index (χ1v) is 8.93. The molecule has 28 heavy (non-hydrogen) atoms. The Bertz CT molecular complexity index is 827. The third-order valence-electron chi connectivity index (χ3n) is 4.50. The van der Waals surface area contributed by atoms with Crippen LogP contribution in [0.3, 0.4) is 0 Å². The fraction of sp³-hybridized carbons (Fsp3) is 0.300. The van der Waals surface area contributed by atoms with Crippen LogP contribution >= 0.6 is 0 Å². The topological polar surface area (TPSA) is 61.4 Å². The predicted octanol–water partition coefficient (Wildman–Crippen LogP) is 4.51. The zero-order chi connectivity index (χ0) is 20.1. The Morgan fingerprint density at radius 3 is 1.86 bits per heavy atom. The van der Waals surface area contributed by atoms with E-state index in [-0.39, 0.29) is 11.6 Å². The summed E-state index contributed by atoms with van der Waals surface area (Å²) < 4.78 is 37.6. The van der Waals surface area contributed by atoms with Crippen LogP contribution in [0.4, 0.5) is 29.3 Å². The first-order valence-electron chi connectivity index (χ1n) is 8.93. The minimum atomic E-state index is -4.42. The van der Waals surface area contributed by atoms with Gasteiger partial charge in [0.2, 0.25) is 5.91 Å². The Hall–Kier alpha value is -3.03. The van der Waals surface area contributed by atoms with Crippen molar-refractivity contribution in [2.45, 2.75) is 25.4 Å². The summed E-state index contributed by atoms with van der Waals surface area (Å²) in [5.41, 5.74) is 0.836. The molecule has 0 aliphatic carbocycles. The van der Waals surface area contributed by atoms with Crippen LogP contribution in [0.5, 0.6) is 0 Å². The van der Waals surface area contributed by atoms with E-state index in [2.05, 4.69) is 10.6 Å². The number of rotatable bonds is 4. The third-order valence-corrected chi connectivity index (χ3v) is 4.50. The van der Waals surface area contributed by atoms with Gasteiger partial charge in [-0.15, -0.1) is 0 Å². The maximum absolute atomic E-state index is 12.5. The van der Waals surface area contributed by atoms with Gasteiger partial charge < -0.3 is 15.5 Å². The van der Waals surface area contributed by atoms with Gasteiger partial charge in [0.05, 0.1) is 12.0 Å². The van der Waals surface area contributed by atoms with E-state index < -0.39 is 17.8 Å². The van der Waals surface area contributed by atoms with Gasteiger partial charge in [-0.1, -0.05) is 12.1 Å². The second-order valence-electron chi connectivity index (χ2n) is 6.62. The van der Waals surface area contributed by atoms with Gasteiger partial charge in [0.15, 0.2) is 0 Å². The van der Waals surface area contributed by atoms with E-state index >= 15 is 0 Å². The molecule has 1 aliphatic rings. The lowest BCUT2D eigenvalue weighted by Gasteiger charge is -2.15. The molecule has 2 aromatic carbocycles. The highest BCUT2D eigenvalue weighted by molar-refractivity contribution is 5.99. The van der Waals surface area contributed by atoms with Crippen LogP contribution in [0.15, 0.2) is 48.5 Å². The van der Waals surface area contributed by atoms with Crippen LogP contribution in [0, 0.1) is 0 Å². The fourth-order valence-electron chi connectivity index (χ4n) is 2.99. The van der Waals surface area contributed by atoms with Gasteiger partial charge in [-0.25, -0.2) is 4.79 Å². The van der Waals surface area contributed by atoms with Crippen molar-refractivity contribution in [1.29, 1.82) is 0 Å². The Kier molecular flexibility index (Phi) is 5.87. The first-order chi connectivity index (χ1) is 13.3. The highest BCUT2D eigenvalue weighted by Crippen LogP contribution is 2.29. The van der Waals surface area contributed by atoms with Crippen LogP contribution in [-0.4, -0.2) is 29.9 Å². The van der Waals surface area contributed by atoms with Gasteiger partial charge in [0.25, 0.3) is 0 Å². The number of amides is 3. The van der Waals surface area contributed by atoms with Crippen LogP contribution in [0.2, 0.25) is 0 Å². The summed E-state index contributed by atoms with van der Waals surface area (Å²) in [6.45, 7) is 1.62. The van der Waals surface area contributed by atoms with E-state index in [1.165, 1.54) is 12.1 Å². The van der Waals surface area contributed by atoms with E-state index in [9.17, 15) is 22.8 Å². The van der Waals surface area contributed by atoms with E-state index in [0.29, 0.717) is 12.1 Å². The number of anilines is 2. The van der Waals surface area contributed by atoms with Gasteiger partial charge in [-0.05, 0) is 54.8 Å². The van der Waals surface area contributed by atoms with Crippen LogP contribution < -0.4 is 10.6 Å². The Morgan fingerprint density at radius 1 is 0.857 bits per heavy atom. The summed E-state index contributed by atoms with van der Waals surface area (Å²) in [6.07, 6.45) is -2.01. The van der Waals surface area contributed by atoms with Gasteiger partial charge >= 0.3 is 12.2 Å². The van der Waals surface area contributed by atoms with E-state index in [1.807, 2.05) is 4.90 Å². The quantitative estimate of drug-likeness (QED) is 0.805. The van der Waals surface area contributed by atoms with Crippen molar-refractivity contribution in [3.05, 3.63) is 59.7 Å². The molecule has 0 spiro atoms. The highest BCUT2D eigenvalue weighted by atomic mass is 19.4. The van der Waals surface area contributed by atoms with Gasteiger partial charge in [0, 0.05) is 24.5 Å². The summed E-state index contributed by atoms with van der Waals surface area (Å²) in [4.78, 5) is 26.0. The largest absolute Gasteiger partial charge is 0.416 e. The van der Waals surface area contributed by atoms with E-state index in [4.69, 9.17) is 0 Å². The van der Waals surface area contributed by atoms with E-state index in [1.54, 1.807) is 24.3 Å². The second kappa shape index (κ2) is 8.33. The second-order valence-corrected chi connectivity index (χ2v) is 6.62. The van der Waals surface area contributed by atoms with Gasteiger partial charge in [-0.2, -0.15) is 13.2 Å². The number of carbonyl (C=O) groups excluding carboxylic acids is 2. The van der Waals surface area contributed by atoms with Crippen LogP contribution in [0.25, 0.3) is 0 Å². The SMILES string of the molecule is O=C(Nc1ccc(CC(=O)N2CCCC2)cc1)Nc1ccc(C(F)(F)F)cc1. The number of benzene rings is 2. The number of alkyl halides is 3. The molecule has 2 N–H and O–H groups in total. The number of nitrogens with zero attached hydrogens (tertiary/aromatic N) is 1. The summed E-state index contributed by atoms with van der Waals surface area (Å²) >= 11 is 0. The van der Waals surface area contributed by atoms with Crippen molar-refractivity contribution in [1.82, 2.24) is 4.90 Å². The molecule has 3 amide bonds. The van der Waals surface area contributed by atoms with Crippen molar-refractivity contribution >= 4 is 23.3 Å². The number of nitrogens with one attached hydrogen (secondary N) is 2. The third kappa shape index (κ3) is 5.25. The fourth-order valence-corrected chi connectivity index (χ4v) is 2.99. The maximum Gasteiger partial charge on any atom is 0.416 e. The molecule has 8 heteroatoms. The molecule has 0 bridgehead atoms. The molecule has 0 atom stereocenters. The summed E-state index contributed by atoms with van der Waals surface area (Å²) in [7, 11) is 0. The van der Waals surface area contributed by atoms with Gasteiger partial charge in [-0.3, -0.25) is 4.79 Å². The summed E-state index contributed by atoms with van der Waals surface area (Å²) in [6, 6.07) is 10.5. The van der Waals surface area contributed by atoms with Crippen LogP contribution in [-0.2, 0) is 17.4 Å². The molecule has 2 aromatic rings. The average Bonchev–Trinajstić information content (AvgIpc) is 3.18. The molecule has 0 unspecified atom stereocenters. The summed E-state index contributed by atoms with van der Waals surface area (Å²) in [5, 5.41) is 5.08. The average molecular weight is 391 g/mol. The lowest BCUT2D eigenvalue weighted by Crippen LogP contribution is -2.29. The van der Waals surface area contributed by atoms with E-state index in [0.717, 1.165) is 43.6 Å². The van der Waals surface area contributed by atoms with Crippen molar-refractivity contribution in [2.75, 3.05) is 23.7 Å². The number of urea groups is 1. The molecule has 1 heterocycles. The number of hydrogen-bond acceptors (Lipinski definition) is 2. The minimum Gasteiger partial charge on any atom is -0.342 e. The molecule has 1 fully saturated rings. The molecule has 0 aromatic heterocycles. The monoisotopic (exact) mass is 391 g/mol. The summed E-state index contributed by atoms with van der Waals surface area (Å²) in [5.74, 6) is 0.0956. The van der Waals surface area contributed by atoms with Crippen molar-refractivity contribution < 1.29 is 22.8 Å². The van der Waals surface area contributed by atoms with Crippen LogP contribution in [0.1, 0.15) is 24.0 Å². The Labute approximate surface area is 160 Å². The Balaban J connectivity index is 1.52. The number of likely N-dealkylation sites (tertiary alicyclic amines) is 1. The molecule has 1 saturated heterocycles. The lowest BCUT2D eigenvalue weighted by atomic mass is 10.1. The molecule has 148 valence electrons.